The van der Waals surface area contributed by atoms with E-state index in [0.717, 1.165) is 48.2 Å². The second-order valence-corrected chi connectivity index (χ2v) is 6.76. The van der Waals surface area contributed by atoms with Crippen molar-refractivity contribution in [3.63, 3.8) is 0 Å². The lowest BCUT2D eigenvalue weighted by Crippen LogP contribution is -2.35. The molecule has 0 unspecified atom stereocenters. The van der Waals surface area contributed by atoms with Crippen molar-refractivity contribution in [3.8, 4) is 6.07 Å². The lowest BCUT2D eigenvalue weighted by Gasteiger charge is -2.33. The molecule has 2 aromatic rings. The second-order valence-electron chi connectivity index (χ2n) is 6.76. The summed E-state index contributed by atoms with van der Waals surface area (Å²) in [4.78, 5) is 11.0. The van der Waals surface area contributed by atoms with Crippen LogP contribution in [0, 0.1) is 31.1 Å². The Morgan fingerprint density at radius 3 is 2.75 bits per heavy atom. The van der Waals surface area contributed by atoms with E-state index in [1.165, 1.54) is 25.7 Å². The number of nitriles is 1. The minimum Gasteiger partial charge on any atom is -0.355 e. The highest BCUT2D eigenvalue weighted by molar-refractivity contribution is 5.58. The summed E-state index contributed by atoms with van der Waals surface area (Å²) in [7, 11) is 0. The molecule has 5 heteroatoms. The average molecular weight is 323 g/mol. The quantitative estimate of drug-likeness (QED) is 0.845. The molecule has 2 aromatic heterocycles. The molecule has 0 radical (unpaired) electrons. The summed E-state index contributed by atoms with van der Waals surface area (Å²) in [6.07, 6.45) is 10.6. The maximum atomic E-state index is 9.46. The van der Waals surface area contributed by atoms with E-state index in [1.54, 1.807) is 0 Å². The van der Waals surface area contributed by atoms with E-state index >= 15 is 0 Å². The number of imidazole rings is 1. The van der Waals surface area contributed by atoms with Gasteiger partial charge in [-0.3, -0.25) is 0 Å². The van der Waals surface area contributed by atoms with E-state index in [0.29, 0.717) is 0 Å². The van der Waals surface area contributed by atoms with Gasteiger partial charge in [0.2, 0.25) is 0 Å². The summed E-state index contributed by atoms with van der Waals surface area (Å²) in [6.45, 7) is 7.05. The molecule has 0 aromatic carbocycles. The third-order valence-electron chi connectivity index (χ3n) is 4.94. The molecule has 1 aliphatic rings. The molecular weight excluding hydrogens is 298 g/mol. The molecule has 0 amide bonds. The third kappa shape index (κ3) is 3.76. The van der Waals surface area contributed by atoms with Gasteiger partial charge in [0, 0.05) is 37.7 Å². The van der Waals surface area contributed by atoms with Crippen molar-refractivity contribution in [1.29, 1.82) is 5.26 Å². The molecule has 0 saturated carbocycles. The first kappa shape index (κ1) is 16.5. The average Bonchev–Trinajstić information content (AvgIpc) is 3.08. The van der Waals surface area contributed by atoms with Crippen molar-refractivity contribution in [2.75, 3.05) is 18.0 Å². The maximum Gasteiger partial charge on any atom is 0.147 e. The van der Waals surface area contributed by atoms with Crippen LogP contribution in [-0.2, 0) is 6.54 Å². The summed E-state index contributed by atoms with van der Waals surface area (Å²) < 4.78 is 2.15. The van der Waals surface area contributed by atoms with Crippen LogP contribution in [0.1, 0.15) is 42.5 Å². The molecule has 0 atom stereocenters. The Morgan fingerprint density at radius 2 is 2.08 bits per heavy atom. The monoisotopic (exact) mass is 323 g/mol. The molecule has 3 rings (SSSR count). The summed E-state index contributed by atoms with van der Waals surface area (Å²) in [5.41, 5.74) is 2.76. The van der Waals surface area contributed by atoms with E-state index in [9.17, 15) is 5.26 Å². The molecule has 24 heavy (non-hydrogen) atoms. The van der Waals surface area contributed by atoms with Gasteiger partial charge in [-0.05, 0) is 57.1 Å². The Hall–Kier alpha value is -2.35. The van der Waals surface area contributed by atoms with E-state index < -0.39 is 0 Å². The topological polar surface area (TPSA) is 57.7 Å². The molecular formula is C19H25N5. The van der Waals surface area contributed by atoms with Crippen LogP contribution >= 0.6 is 0 Å². The molecule has 1 saturated heterocycles. The van der Waals surface area contributed by atoms with Gasteiger partial charge in [-0.25, -0.2) is 9.97 Å². The highest BCUT2D eigenvalue weighted by Crippen LogP contribution is 2.28. The van der Waals surface area contributed by atoms with Crippen molar-refractivity contribution in [3.05, 3.63) is 41.6 Å². The van der Waals surface area contributed by atoms with Crippen LogP contribution in [0.15, 0.2) is 24.8 Å². The fourth-order valence-corrected chi connectivity index (χ4v) is 3.60. The molecule has 0 spiro atoms. The molecule has 1 aliphatic heterocycles. The Labute approximate surface area is 144 Å². The second kappa shape index (κ2) is 7.48. The van der Waals surface area contributed by atoms with E-state index in [-0.39, 0.29) is 0 Å². The third-order valence-corrected chi connectivity index (χ3v) is 4.94. The van der Waals surface area contributed by atoms with Crippen molar-refractivity contribution < 1.29 is 0 Å². The molecule has 5 nitrogen and oxygen atoms in total. The molecule has 0 bridgehead atoms. The minimum atomic E-state index is 0.735. The van der Waals surface area contributed by atoms with Gasteiger partial charge in [-0.2, -0.15) is 5.26 Å². The van der Waals surface area contributed by atoms with E-state index in [4.69, 9.17) is 0 Å². The number of hydrogen-bond donors (Lipinski definition) is 0. The number of nitrogens with zero attached hydrogens (tertiary/aromatic N) is 5. The van der Waals surface area contributed by atoms with Crippen LogP contribution in [0.3, 0.4) is 0 Å². The van der Waals surface area contributed by atoms with Crippen LogP contribution in [0.25, 0.3) is 0 Å². The number of rotatable bonds is 5. The van der Waals surface area contributed by atoms with Gasteiger partial charge in [0.05, 0.1) is 11.9 Å². The summed E-state index contributed by atoms with van der Waals surface area (Å²) in [5, 5.41) is 9.46. The van der Waals surface area contributed by atoms with Crippen LogP contribution in [0.5, 0.6) is 0 Å². The zero-order valence-corrected chi connectivity index (χ0v) is 14.6. The highest BCUT2D eigenvalue weighted by atomic mass is 15.2. The number of piperidine rings is 1. The first-order valence-corrected chi connectivity index (χ1v) is 8.76. The molecule has 1 fully saturated rings. The molecule has 0 N–H and O–H groups in total. The van der Waals surface area contributed by atoms with Gasteiger partial charge in [-0.15, -0.1) is 0 Å². The smallest absolute Gasteiger partial charge is 0.147 e. The Balaban J connectivity index is 1.54. The maximum absolute atomic E-state index is 9.46. The predicted octanol–water partition coefficient (Wildman–Crippen LogP) is 3.46. The number of hydrogen-bond acceptors (Lipinski definition) is 4. The Morgan fingerprint density at radius 1 is 1.29 bits per heavy atom. The largest absolute Gasteiger partial charge is 0.355 e. The van der Waals surface area contributed by atoms with Crippen LogP contribution < -0.4 is 4.90 Å². The minimum absolute atomic E-state index is 0.735. The van der Waals surface area contributed by atoms with Gasteiger partial charge in [0.1, 0.15) is 11.9 Å². The van der Waals surface area contributed by atoms with E-state index in [1.807, 2.05) is 38.6 Å². The van der Waals surface area contributed by atoms with Gasteiger partial charge < -0.3 is 9.47 Å². The summed E-state index contributed by atoms with van der Waals surface area (Å²) in [5.74, 6) is 1.66. The first-order valence-electron chi connectivity index (χ1n) is 8.76. The van der Waals surface area contributed by atoms with E-state index in [2.05, 4.69) is 25.5 Å². The Kier molecular flexibility index (Phi) is 5.14. The number of aromatic nitrogens is 3. The number of anilines is 1. The van der Waals surface area contributed by atoms with Gasteiger partial charge in [0.15, 0.2) is 0 Å². The zero-order chi connectivity index (χ0) is 16.9. The first-order chi connectivity index (χ1) is 11.7. The fraction of sp³-hybridized carbons (Fsp3) is 0.526. The normalized spacial score (nSPS) is 15.5. The lowest BCUT2D eigenvalue weighted by atomic mass is 9.92. The molecule has 126 valence electrons. The summed E-state index contributed by atoms with van der Waals surface area (Å²) >= 11 is 0. The molecule has 0 aliphatic carbocycles. The number of aryl methyl sites for hydroxylation is 3. The van der Waals surface area contributed by atoms with Crippen LogP contribution in [-0.4, -0.2) is 27.6 Å². The van der Waals surface area contributed by atoms with Crippen LogP contribution in [0.4, 0.5) is 5.82 Å². The van der Waals surface area contributed by atoms with Crippen molar-refractivity contribution in [1.82, 2.24) is 14.5 Å². The standard InChI is InChI=1S/C19H25N5/c1-15-12-16(2)22-19(18(15)13-20)24-9-5-17(6-10-24)4-3-8-23-11-7-21-14-23/h7,11-12,14,17H,3-6,8-10H2,1-2H3. The van der Waals surface area contributed by atoms with Gasteiger partial charge >= 0.3 is 0 Å². The summed E-state index contributed by atoms with van der Waals surface area (Å²) in [6, 6.07) is 4.33. The van der Waals surface area contributed by atoms with Crippen LogP contribution in [0.2, 0.25) is 0 Å². The highest BCUT2D eigenvalue weighted by Gasteiger charge is 2.22. The SMILES string of the molecule is Cc1cc(C)c(C#N)c(N2CCC(CCCn3ccnc3)CC2)n1. The Bertz CT molecular complexity index is 706. The van der Waals surface area contributed by atoms with Gasteiger partial charge in [0.25, 0.3) is 0 Å². The van der Waals surface area contributed by atoms with Gasteiger partial charge in [-0.1, -0.05) is 0 Å². The fourth-order valence-electron chi connectivity index (χ4n) is 3.60. The zero-order valence-electron chi connectivity index (χ0n) is 14.6. The molecule has 3 heterocycles. The predicted molar refractivity (Wildman–Crippen MR) is 94.8 cm³/mol. The van der Waals surface area contributed by atoms with Crippen molar-refractivity contribution >= 4 is 5.82 Å². The number of pyridine rings is 1. The van der Waals surface area contributed by atoms with Crippen molar-refractivity contribution in [2.45, 2.75) is 46.1 Å². The lowest BCUT2D eigenvalue weighted by molar-refractivity contribution is 0.362. The van der Waals surface area contributed by atoms with Crippen molar-refractivity contribution in [2.24, 2.45) is 5.92 Å².